The van der Waals surface area contributed by atoms with Gasteiger partial charge >= 0.3 is 0 Å². The Morgan fingerprint density at radius 2 is 1.56 bits per heavy atom. The SMILES string of the molecule is NC(=O)Cc1cccc(OCCCN(Cc2cccnc2)CC(c2ccccc2)c2ccccc2)c1. The van der Waals surface area contributed by atoms with E-state index in [0.717, 1.165) is 37.4 Å². The zero-order valence-corrected chi connectivity index (χ0v) is 20.5. The van der Waals surface area contributed by atoms with Gasteiger partial charge in [0.1, 0.15) is 5.75 Å². The largest absolute Gasteiger partial charge is 0.494 e. The van der Waals surface area contributed by atoms with Crippen molar-refractivity contribution in [3.05, 3.63) is 132 Å². The maximum atomic E-state index is 11.2. The fourth-order valence-electron chi connectivity index (χ4n) is 4.44. The van der Waals surface area contributed by atoms with Crippen molar-refractivity contribution in [3.8, 4) is 5.75 Å². The number of pyridine rings is 1. The van der Waals surface area contributed by atoms with Crippen LogP contribution in [0.25, 0.3) is 0 Å². The number of aromatic nitrogens is 1. The van der Waals surface area contributed by atoms with Crippen LogP contribution in [-0.4, -0.2) is 35.5 Å². The van der Waals surface area contributed by atoms with Crippen LogP contribution in [0.1, 0.15) is 34.6 Å². The minimum Gasteiger partial charge on any atom is -0.494 e. The Kier molecular flexibility index (Phi) is 9.23. The molecule has 0 aliphatic carbocycles. The standard InChI is InChI=1S/C31H33N3O2/c32-31(35)21-25-10-7-16-29(20-25)36-19-9-18-34(23-26-11-8-17-33-22-26)24-30(27-12-3-1-4-13-27)28-14-5-2-6-15-28/h1-8,10-17,20,22,30H,9,18-19,21,23-24H2,(H2,32,35). The summed E-state index contributed by atoms with van der Waals surface area (Å²) in [6, 6.07) is 33.1. The van der Waals surface area contributed by atoms with Crippen molar-refractivity contribution in [2.24, 2.45) is 5.73 Å². The van der Waals surface area contributed by atoms with Gasteiger partial charge in [-0.05, 0) is 46.9 Å². The second-order valence-corrected chi connectivity index (χ2v) is 8.96. The Hall–Kier alpha value is -3.96. The van der Waals surface area contributed by atoms with E-state index in [4.69, 9.17) is 10.5 Å². The molecule has 1 amide bonds. The number of benzene rings is 3. The van der Waals surface area contributed by atoms with E-state index in [-0.39, 0.29) is 18.2 Å². The Morgan fingerprint density at radius 1 is 0.861 bits per heavy atom. The van der Waals surface area contributed by atoms with Gasteiger partial charge in [0.25, 0.3) is 0 Å². The van der Waals surface area contributed by atoms with E-state index in [1.807, 2.05) is 42.7 Å². The van der Waals surface area contributed by atoms with Crippen LogP contribution >= 0.6 is 0 Å². The number of ether oxygens (including phenoxy) is 1. The lowest BCUT2D eigenvalue weighted by Crippen LogP contribution is -2.30. The minimum atomic E-state index is -0.343. The molecule has 1 aromatic heterocycles. The molecule has 0 saturated carbocycles. The molecule has 0 atom stereocenters. The highest BCUT2D eigenvalue weighted by atomic mass is 16.5. The third kappa shape index (κ3) is 7.79. The first-order valence-electron chi connectivity index (χ1n) is 12.4. The van der Waals surface area contributed by atoms with Crippen LogP contribution in [-0.2, 0) is 17.8 Å². The lowest BCUT2D eigenvalue weighted by Gasteiger charge is -2.28. The van der Waals surface area contributed by atoms with Crippen molar-refractivity contribution in [2.75, 3.05) is 19.7 Å². The first-order chi connectivity index (χ1) is 17.7. The van der Waals surface area contributed by atoms with Crippen molar-refractivity contribution in [2.45, 2.75) is 25.3 Å². The van der Waals surface area contributed by atoms with Crippen LogP contribution in [0.4, 0.5) is 0 Å². The first kappa shape index (κ1) is 25.1. The van der Waals surface area contributed by atoms with Gasteiger partial charge in [-0.15, -0.1) is 0 Å². The highest BCUT2D eigenvalue weighted by Crippen LogP contribution is 2.26. The molecule has 0 fully saturated rings. The number of primary amides is 1. The summed E-state index contributed by atoms with van der Waals surface area (Å²) in [4.78, 5) is 18.0. The summed E-state index contributed by atoms with van der Waals surface area (Å²) < 4.78 is 6.01. The molecule has 0 bridgehead atoms. The summed E-state index contributed by atoms with van der Waals surface area (Å²) in [6.07, 6.45) is 4.84. The van der Waals surface area contributed by atoms with Crippen molar-refractivity contribution in [1.82, 2.24) is 9.88 Å². The number of carbonyl (C=O) groups is 1. The van der Waals surface area contributed by atoms with E-state index in [9.17, 15) is 4.79 Å². The van der Waals surface area contributed by atoms with Gasteiger partial charge in [0, 0.05) is 37.9 Å². The topological polar surface area (TPSA) is 68.5 Å². The van der Waals surface area contributed by atoms with Crippen LogP contribution in [0.5, 0.6) is 5.75 Å². The Morgan fingerprint density at radius 3 is 2.19 bits per heavy atom. The molecule has 0 radical (unpaired) electrons. The van der Waals surface area contributed by atoms with Crippen LogP contribution < -0.4 is 10.5 Å². The van der Waals surface area contributed by atoms with Crippen molar-refractivity contribution < 1.29 is 9.53 Å². The fourth-order valence-corrected chi connectivity index (χ4v) is 4.44. The van der Waals surface area contributed by atoms with E-state index in [1.54, 1.807) is 0 Å². The summed E-state index contributed by atoms with van der Waals surface area (Å²) in [5, 5.41) is 0. The molecule has 1 heterocycles. The average Bonchev–Trinajstić information content (AvgIpc) is 2.91. The number of hydrogen-bond acceptors (Lipinski definition) is 4. The zero-order chi connectivity index (χ0) is 25.0. The van der Waals surface area contributed by atoms with Crippen LogP contribution in [0.2, 0.25) is 0 Å². The van der Waals surface area contributed by atoms with E-state index in [2.05, 4.69) is 76.6 Å². The van der Waals surface area contributed by atoms with E-state index in [0.29, 0.717) is 6.61 Å². The molecule has 0 aliphatic rings. The molecule has 3 aromatic carbocycles. The van der Waals surface area contributed by atoms with Crippen molar-refractivity contribution >= 4 is 5.91 Å². The molecule has 0 aliphatic heterocycles. The summed E-state index contributed by atoms with van der Waals surface area (Å²) in [5.74, 6) is 0.680. The van der Waals surface area contributed by atoms with E-state index in [1.165, 1.54) is 16.7 Å². The summed E-state index contributed by atoms with van der Waals surface area (Å²) in [6.45, 7) is 3.17. The third-order valence-corrected chi connectivity index (χ3v) is 6.14. The lowest BCUT2D eigenvalue weighted by atomic mass is 9.90. The van der Waals surface area contributed by atoms with Crippen LogP contribution in [0, 0.1) is 0 Å². The van der Waals surface area contributed by atoms with E-state index < -0.39 is 0 Å². The Bertz CT molecular complexity index is 1160. The first-order valence-corrected chi connectivity index (χ1v) is 12.4. The molecule has 184 valence electrons. The molecule has 2 N–H and O–H groups in total. The van der Waals surface area contributed by atoms with Gasteiger partial charge in [-0.2, -0.15) is 0 Å². The summed E-state index contributed by atoms with van der Waals surface area (Å²) in [5.41, 5.74) is 10.0. The normalized spacial score (nSPS) is 11.1. The third-order valence-electron chi connectivity index (χ3n) is 6.14. The van der Waals surface area contributed by atoms with Gasteiger partial charge in [-0.1, -0.05) is 78.9 Å². The second kappa shape index (κ2) is 13.2. The number of amides is 1. The van der Waals surface area contributed by atoms with Crippen molar-refractivity contribution in [1.29, 1.82) is 0 Å². The number of rotatable bonds is 13. The molecule has 5 heteroatoms. The maximum Gasteiger partial charge on any atom is 0.221 e. The molecule has 0 unspecified atom stereocenters. The van der Waals surface area contributed by atoms with Crippen LogP contribution in [0.15, 0.2) is 109 Å². The predicted octanol–water partition coefficient (Wildman–Crippen LogP) is 5.21. The zero-order valence-electron chi connectivity index (χ0n) is 20.5. The van der Waals surface area contributed by atoms with Gasteiger partial charge in [-0.25, -0.2) is 0 Å². The molecular weight excluding hydrogens is 446 g/mol. The summed E-state index contributed by atoms with van der Waals surface area (Å²) in [7, 11) is 0. The number of nitrogens with two attached hydrogens (primary N) is 1. The smallest absolute Gasteiger partial charge is 0.221 e. The molecule has 4 rings (SSSR count). The fraction of sp³-hybridized carbons (Fsp3) is 0.226. The van der Waals surface area contributed by atoms with Gasteiger partial charge < -0.3 is 10.5 Å². The highest BCUT2D eigenvalue weighted by Gasteiger charge is 2.18. The minimum absolute atomic E-state index is 0.219. The Balaban J connectivity index is 1.44. The van der Waals surface area contributed by atoms with Gasteiger partial charge in [0.2, 0.25) is 5.91 Å². The van der Waals surface area contributed by atoms with Gasteiger partial charge in [-0.3, -0.25) is 14.7 Å². The quantitative estimate of drug-likeness (QED) is 0.267. The second-order valence-electron chi connectivity index (χ2n) is 8.96. The monoisotopic (exact) mass is 479 g/mol. The molecule has 36 heavy (non-hydrogen) atoms. The predicted molar refractivity (Wildman–Crippen MR) is 144 cm³/mol. The molecule has 0 saturated heterocycles. The number of hydrogen-bond donors (Lipinski definition) is 1. The van der Waals surface area contributed by atoms with E-state index >= 15 is 0 Å². The maximum absolute atomic E-state index is 11.2. The molecule has 4 aromatic rings. The molecule has 0 spiro atoms. The molecular formula is C31H33N3O2. The van der Waals surface area contributed by atoms with Gasteiger partial charge in [0.15, 0.2) is 0 Å². The average molecular weight is 480 g/mol. The van der Waals surface area contributed by atoms with Crippen molar-refractivity contribution in [3.63, 3.8) is 0 Å². The highest BCUT2D eigenvalue weighted by molar-refractivity contribution is 5.76. The van der Waals surface area contributed by atoms with Crippen LogP contribution in [0.3, 0.4) is 0 Å². The number of nitrogens with zero attached hydrogens (tertiary/aromatic N) is 2. The Labute approximate surface area is 213 Å². The molecule has 5 nitrogen and oxygen atoms in total. The number of carbonyl (C=O) groups excluding carboxylic acids is 1. The summed E-state index contributed by atoms with van der Waals surface area (Å²) >= 11 is 0. The lowest BCUT2D eigenvalue weighted by molar-refractivity contribution is -0.117. The van der Waals surface area contributed by atoms with Gasteiger partial charge in [0.05, 0.1) is 13.0 Å².